The van der Waals surface area contributed by atoms with Gasteiger partial charge in [0.05, 0.1) is 0 Å². The number of nitrogens with one attached hydrogen (secondary N) is 1. The van der Waals surface area contributed by atoms with E-state index in [2.05, 4.69) is 5.32 Å². The quantitative estimate of drug-likeness (QED) is 0.697. The molecular weight excluding hydrogens is 338 g/mol. The van der Waals surface area contributed by atoms with Crippen molar-refractivity contribution in [2.24, 2.45) is 5.73 Å². The minimum Gasteiger partial charge on any atom is -0.351 e. The van der Waals surface area contributed by atoms with Gasteiger partial charge in [-0.1, -0.05) is 60.7 Å². The second-order valence-corrected chi connectivity index (χ2v) is 6.20. The average molecular weight is 359 g/mol. The Kier molecular flexibility index (Phi) is 5.84. The molecule has 3 aromatic rings. The van der Waals surface area contributed by atoms with Crippen LogP contribution in [0.15, 0.2) is 84.9 Å². The first kappa shape index (κ1) is 18.2. The molecule has 0 spiro atoms. The fourth-order valence-corrected chi connectivity index (χ4v) is 2.83. The summed E-state index contributed by atoms with van der Waals surface area (Å²) in [6, 6.07) is 25.9. The van der Waals surface area contributed by atoms with Crippen LogP contribution in [0.3, 0.4) is 0 Å². The van der Waals surface area contributed by atoms with E-state index in [0.717, 1.165) is 11.1 Å². The third-order valence-electron chi connectivity index (χ3n) is 4.12. The molecule has 0 aliphatic rings. The molecule has 3 N–H and O–H groups in total. The van der Waals surface area contributed by atoms with Gasteiger partial charge in [-0.2, -0.15) is 0 Å². The summed E-state index contributed by atoms with van der Waals surface area (Å²) in [4.78, 5) is 25.8. The smallest absolute Gasteiger partial charge is 0.316 e. The van der Waals surface area contributed by atoms with Gasteiger partial charge in [0.1, 0.15) is 0 Å². The molecule has 0 atom stereocenters. The largest absolute Gasteiger partial charge is 0.351 e. The van der Waals surface area contributed by atoms with Crippen LogP contribution in [0.4, 0.5) is 10.5 Å². The van der Waals surface area contributed by atoms with Crippen LogP contribution >= 0.6 is 0 Å². The summed E-state index contributed by atoms with van der Waals surface area (Å²) >= 11 is 0. The molecule has 0 fully saturated rings. The molecule has 136 valence electrons. The molecule has 3 amide bonds. The van der Waals surface area contributed by atoms with Crippen LogP contribution in [-0.2, 0) is 13.1 Å². The van der Waals surface area contributed by atoms with Gasteiger partial charge in [0, 0.05) is 24.3 Å². The van der Waals surface area contributed by atoms with E-state index in [4.69, 9.17) is 5.73 Å². The first-order chi connectivity index (χ1) is 13.1. The van der Waals surface area contributed by atoms with Crippen LogP contribution < -0.4 is 11.1 Å². The van der Waals surface area contributed by atoms with Crippen molar-refractivity contribution < 1.29 is 9.59 Å². The second kappa shape index (κ2) is 8.67. The molecule has 5 nitrogen and oxygen atoms in total. The lowest BCUT2D eigenvalue weighted by Crippen LogP contribution is -2.30. The van der Waals surface area contributed by atoms with E-state index < -0.39 is 6.03 Å². The number of rotatable bonds is 6. The molecule has 27 heavy (non-hydrogen) atoms. The molecule has 3 aromatic carbocycles. The number of carbonyl (C=O) groups excluding carboxylic acids is 2. The highest BCUT2D eigenvalue weighted by Crippen LogP contribution is 2.16. The lowest BCUT2D eigenvalue weighted by Gasteiger charge is -2.23. The highest BCUT2D eigenvalue weighted by atomic mass is 16.2. The van der Waals surface area contributed by atoms with E-state index in [9.17, 15) is 9.59 Å². The maximum Gasteiger partial charge on any atom is 0.316 e. The topological polar surface area (TPSA) is 75.4 Å². The Morgan fingerprint density at radius 2 is 1.22 bits per heavy atom. The summed E-state index contributed by atoms with van der Waals surface area (Å²) in [6.07, 6.45) is 0. The van der Waals surface area contributed by atoms with Gasteiger partial charge in [0.25, 0.3) is 5.91 Å². The maximum atomic E-state index is 13.1. The molecule has 0 radical (unpaired) electrons. The Hall–Kier alpha value is -3.60. The predicted octanol–water partition coefficient (Wildman–Crippen LogP) is 4.02. The zero-order valence-electron chi connectivity index (χ0n) is 14.8. The van der Waals surface area contributed by atoms with Crippen molar-refractivity contribution >= 4 is 17.6 Å². The normalized spacial score (nSPS) is 10.2. The zero-order valence-corrected chi connectivity index (χ0v) is 14.8. The van der Waals surface area contributed by atoms with Crippen molar-refractivity contribution in [3.63, 3.8) is 0 Å². The van der Waals surface area contributed by atoms with Gasteiger partial charge in [-0.25, -0.2) is 4.79 Å². The third-order valence-corrected chi connectivity index (χ3v) is 4.12. The number of nitrogens with two attached hydrogens (primary N) is 1. The predicted molar refractivity (Wildman–Crippen MR) is 106 cm³/mol. The fourth-order valence-electron chi connectivity index (χ4n) is 2.83. The van der Waals surface area contributed by atoms with Gasteiger partial charge in [-0.05, 0) is 35.4 Å². The first-order valence-corrected chi connectivity index (χ1v) is 8.65. The van der Waals surface area contributed by atoms with Crippen molar-refractivity contribution in [1.82, 2.24) is 4.90 Å². The Labute approximate surface area is 158 Å². The number of urea groups is 1. The van der Waals surface area contributed by atoms with Gasteiger partial charge in [0.2, 0.25) is 0 Å². The number of carbonyl (C=O) groups is 2. The molecule has 5 heteroatoms. The Balaban J connectivity index is 1.82. The van der Waals surface area contributed by atoms with Crippen LogP contribution in [0, 0.1) is 0 Å². The molecule has 0 saturated carbocycles. The standard InChI is InChI=1S/C22H21N3O2/c23-22(27)24-20-13-11-19(12-14-20)21(26)25(15-17-7-3-1-4-8-17)16-18-9-5-2-6-10-18/h1-14H,15-16H2,(H3,23,24,27). The van der Waals surface area contributed by atoms with E-state index in [1.807, 2.05) is 60.7 Å². The SMILES string of the molecule is NC(=O)Nc1ccc(C(=O)N(Cc2ccccc2)Cc2ccccc2)cc1. The van der Waals surface area contributed by atoms with E-state index in [1.54, 1.807) is 29.2 Å². The van der Waals surface area contributed by atoms with Crippen LogP contribution in [0.2, 0.25) is 0 Å². The lowest BCUT2D eigenvalue weighted by molar-refractivity contribution is 0.0730. The van der Waals surface area contributed by atoms with Gasteiger partial charge in [0.15, 0.2) is 0 Å². The molecule has 0 heterocycles. The van der Waals surface area contributed by atoms with Crippen LogP contribution in [0.5, 0.6) is 0 Å². The summed E-state index contributed by atoms with van der Waals surface area (Å²) in [7, 11) is 0. The molecule has 0 bridgehead atoms. The molecular formula is C22H21N3O2. The second-order valence-electron chi connectivity index (χ2n) is 6.20. The average Bonchev–Trinajstić information content (AvgIpc) is 2.69. The molecule has 0 saturated heterocycles. The van der Waals surface area contributed by atoms with Crippen molar-refractivity contribution in [3.8, 4) is 0 Å². The van der Waals surface area contributed by atoms with Crippen molar-refractivity contribution in [2.75, 3.05) is 5.32 Å². The summed E-state index contributed by atoms with van der Waals surface area (Å²) in [5, 5.41) is 2.49. The third kappa shape index (κ3) is 5.19. The van der Waals surface area contributed by atoms with E-state index in [0.29, 0.717) is 24.3 Å². The first-order valence-electron chi connectivity index (χ1n) is 8.65. The van der Waals surface area contributed by atoms with Crippen molar-refractivity contribution in [2.45, 2.75) is 13.1 Å². The summed E-state index contributed by atoms with van der Waals surface area (Å²) < 4.78 is 0. The number of anilines is 1. The van der Waals surface area contributed by atoms with Gasteiger partial charge < -0.3 is 16.0 Å². The Morgan fingerprint density at radius 1 is 0.741 bits per heavy atom. The molecule has 0 unspecified atom stereocenters. The number of amides is 3. The zero-order chi connectivity index (χ0) is 19.1. The summed E-state index contributed by atoms with van der Waals surface area (Å²) in [5.74, 6) is -0.0756. The maximum absolute atomic E-state index is 13.1. The monoisotopic (exact) mass is 359 g/mol. The van der Waals surface area contributed by atoms with Crippen LogP contribution in [0.1, 0.15) is 21.5 Å². The number of nitrogens with zero attached hydrogens (tertiary/aromatic N) is 1. The Bertz CT molecular complexity index is 852. The number of hydrogen-bond acceptors (Lipinski definition) is 2. The van der Waals surface area contributed by atoms with Gasteiger partial charge in [-0.15, -0.1) is 0 Å². The highest BCUT2D eigenvalue weighted by Gasteiger charge is 2.17. The van der Waals surface area contributed by atoms with Gasteiger partial charge in [-0.3, -0.25) is 4.79 Å². The van der Waals surface area contributed by atoms with Crippen LogP contribution in [-0.4, -0.2) is 16.8 Å². The van der Waals surface area contributed by atoms with E-state index in [1.165, 1.54) is 0 Å². The van der Waals surface area contributed by atoms with E-state index in [-0.39, 0.29) is 5.91 Å². The highest BCUT2D eigenvalue weighted by molar-refractivity contribution is 5.95. The van der Waals surface area contributed by atoms with Crippen molar-refractivity contribution in [3.05, 3.63) is 102 Å². The lowest BCUT2D eigenvalue weighted by atomic mass is 10.1. The Morgan fingerprint density at radius 3 is 1.67 bits per heavy atom. The minimum absolute atomic E-state index is 0.0756. The summed E-state index contributed by atoms with van der Waals surface area (Å²) in [6.45, 7) is 1.02. The molecule has 0 aliphatic heterocycles. The van der Waals surface area contributed by atoms with E-state index >= 15 is 0 Å². The number of benzene rings is 3. The number of primary amides is 1. The molecule has 0 aromatic heterocycles. The minimum atomic E-state index is -0.635. The van der Waals surface area contributed by atoms with Crippen molar-refractivity contribution in [1.29, 1.82) is 0 Å². The fraction of sp³-hybridized carbons (Fsp3) is 0.0909. The molecule has 0 aliphatic carbocycles. The van der Waals surface area contributed by atoms with Crippen LogP contribution in [0.25, 0.3) is 0 Å². The molecule has 3 rings (SSSR count). The number of hydrogen-bond donors (Lipinski definition) is 2. The summed E-state index contributed by atoms with van der Waals surface area (Å²) in [5.41, 5.74) is 8.35. The van der Waals surface area contributed by atoms with Gasteiger partial charge >= 0.3 is 6.03 Å².